The van der Waals surface area contributed by atoms with Crippen LogP contribution in [0.2, 0.25) is 38.3 Å². The van der Waals surface area contributed by atoms with Gasteiger partial charge in [-0.15, -0.1) is 0 Å². The maximum absolute atomic E-state index is 2.57. The summed E-state index contributed by atoms with van der Waals surface area (Å²) >= 11 is 0. The molecule has 17 heavy (non-hydrogen) atoms. The lowest BCUT2D eigenvalue weighted by molar-refractivity contribution is 0.854. The largest absolute Gasteiger partial charge is 0.0805 e. The van der Waals surface area contributed by atoms with Crippen molar-refractivity contribution in [3.8, 4) is 0 Å². The molecule has 0 radical (unpaired) electrons. The molecule has 1 aromatic rings. The second-order valence-electron chi connectivity index (χ2n) is 7.02. The SMILES string of the molecule is Cc1ccc2c(c1)[Si](C)(C)CCCC[Si]2(C)C. The van der Waals surface area contributed by atoms with Crippen LogP contribution in [0.1, 0.15) is 18.4 Å². The molecule has 1 aliphatic heterocycles. The van der Waals surface area contributed by atoms with E-state index in [1.54, 1.807) is 10.4 Å². The lowest BCUT2D eigenvalue weighted by Gasteiger charge is -2.35. The molecule has 0 spiro atoms. The summed E-state index contributed by atoms with van der Waals surface area (Å²) in [6.07, 6.45) is 2.92. The Balaban J connectivity index is 2.61. The fourth-order valence-electron chi connectivity index (χ4n) is 3.21. The van der Waals surface area contributed by atoms with Crippen molar-refractivity contribution >= 4 is 26.5 Å². The minimum absolute atomic E-state index is 1.17. The number of aryl methyl sites for hydroxylation is 1. The van der Waals surface area contributed by atoms with Crippen molar-refractivity contribution in [3.63, 3.8) is 0 Å². The minimum Gasteiger partial charge on any atom is -0.0654 e. The van der Waals surface area contributed by atoms with Crippen molar-refractivity contribution in [1.82, 2.24) is 0 Å². The molecule has 0 saturated carbocycles. The molecular weight excluding hydrogens is 236 g/mol. The van der Waals surface area contributed by atoms with E-state index in [4.69, 9.17) is 0 Å². The van der Waals surface area contributed by atoms with Gasteiger partial charge in [-0.1, -0.05) is 85.3 Å². The Morgan fingerprint density at radius 1 is 0.824 bits per heavy atom. The van der Waals surface area contributed by atoms with Gasteiger partial charge in [0.05, 0.1) is 16.1 Å². The molecule has 0 atom stereocenters. The van der Waals surface area contributed by atoms with Crippen LogP contribution in [0.15, 0.2) is 18.2 Å². The average Bonchev–Trinajstić information content (AvgIpc) is 2.23. The van der Waals surface area contributed by atoms with E-state index in [9.17, 15) is 0 Å². The van der Waals surface area contributed by atoms with Crippen molar-refractivity contribution in [3.05, 3.63) is 23.8 Å². The van der Waals surface area contributed by atoms with Gasteiger partial charge in [-0.25, -0.2) is 0 Å². The van der Waals surface area contributed by atoms with E-state index in [0.717, 1.165) is 0 Å². The van der Waals surface area contributed by atoms with E-state index in [-0.39, 0.29) is 0 Å². The van der Waals surface area contributed by atoms with Gasteiger partial charge in [0.1, 0.15) is 0 Å². The third-order valence-electron chi connectivity index (χ3n) is 4.49. The third kappa shape index (κ3) is 2.58. The summed E-state index contributed by atoms with van der Waals surface area (Å²) < 4.78 is 0. The topological polar surface area (TPSA) is 0 Å². The molecule has 0 bridgehead atoms. The van der Waals surface area contributed by atoms with Crippen LogP contribution in [0.5, 0.6) is 0 Å². The van der Waals surface area contributed by atoms with Crippen molar-refractivity contribution in [2.24, 2.45) is 0 Å². The Hall–Kier alpha value is -0.346. The molecule has 0 nitrogen and oxygen atoms in total. The van der Waals surface area contributed by atoms with Crippen LogP contribution in [0.4, 0.5) is 0 Å². The summed E-state index contributed by atoms with van der Waals surface area (Å²) in [5.41, 5.74) is 1.45. The highest BCUT2D eigenvalue weighted by atomic mass is 28.3. The van der Waals surface area contributed by atoms with Crippen molar-refractivity contribution in [2.45, 2.75) is 58.0 Å². The number of benzene rings is 1. The van der Waals surface area contributed by atoms with E-state index in [1.165, 1.54) is 30.5 Å². The summed E-state index contributed by atoms with van der Waals surface area (Å²) in [4.78, 5) is 0. The number of hydrogen-bond acceptors (Lipinski definition) is 0. The maximum atomic E-state index is 2.57. The summed E-state index contributed by atoms with van der Waals surface area (Å²) in [6.45, 7) is 12.5. The normalized spacial score (nSPS) is 22.4. The summed E-state index contributed by atoms with van der Waals surface area (Å²) in [6, 6.07) is 10.3. The molecule has 0 N–H and O–H groups in total. The molecule has 2 heteroatoms. The molecule has 94 valence electrons. The van der Waals surface area contributed by atoms with Gasteiger partial charge < -0.3 is 0 Å². The molecular formula is C15H26Si2. The van der Waals surface area contributed by atoms with Crippen LogP contribution in [0.3, 0.4) is 0 Å². The lowest BCUT2D eigenvalue weighted by Crippen LogP contribution is -2.59. The van der Waals surface area contributed by atoms with Crippen LogP contribution < -0.4 is 10.4 Å². The first kappa shape index (κ1) is 13.1. The zero-order valence-corrected chi connectivity index (χ0v) is 14.1. The second-order valence-corrected chi connectivity index (χ2v) is 16.6. The van der Waals surface area contributed by atoms with E-state index in [1.807, 2.05) is 0 Å². The van der Waals surface area contributed by atoms with Crippen molar-refractivity contribution in [1.29, 1.82) is 0 Å². The Bertz CT molecular complexity index is 419. The Morgan fingerprint density at radius 3 is 1.94 bits per heavy atom. The smallest absolute Gasteiger partial charge is 0.0654 e. The fraction of sp³-hybridized carbons (Fsp3) is 0.600. The Kier molecular flexibility index (Phi) is 3.39. The predicted octanol–water partition coefficient (Wildman–Crippen LogP) is 3.62. The molecule has 0 aromatic heterocycles. The monoisotopic (exact) mass is 262 g/mol. The zero-order chi connectivity index (χ0) is 12.7. The predicted molar refractivity (Wildman–Crippen MR) is 84.3 cm³/mol. The van der Waals surface area contributed by atoms with Crippen molar-refractivity contribution < 1.29 is 0 Å². The number of hydrogen-bond donors (Lipinski definition) is 0. The average molecular weight is 263 g/mol. The highest BCUT2D eigenvalue weighted by molar-refractivity contribution is 6.99. The molecule has 1 aromatic carbocycles. The molecule has 0 fully saturated rings. The van der Waals surface area contributed by atoms with Gasteiger partial charge in [-0.3, -0.25) is 0 Å². The fourth-order valence-corrected chi connectivity index (χ4v) is 10.8. The van der Waals surface area contributed by atoms with Crippen LogP contribution >= 0.6 is 0 Å². The van der Waals surface area contributed by atoms with Gasteiger partial charge in [0.2, 0.25) is 0 Å². The van der Waals surface area contributed by atoms with E-state index in [0.29, 0.717) is 0 Å². The molecule has 1 aliphatic rings. The summed E-state index contributed by atoms with van der Waals surface area (Å²) in [5, 5.41) is 3.56. The van der Waals surface area contributed by atoms with Gasteiger partial charge in [-0.05, 0) is 6.92 Å². The van der Waals surface area contributed by atoms with Crippen LogP contribution in [-0.2, 0) is 0 Å². The maximum Gasteiger partial charge on any atom is 0.0805 e. The van der Waals surface area contributed by atoms with Gasteiger partial charge in [-0.2, -0.15) is 0 Å². The highest BCUT2D eigenvalue weighted by Crippen LogP contribution is 2.23. The van der Waals surface area contributed by atoms with Gasteiger partial charge >= 0.3 is 0 Å². The standard InChI is InChI=1S/C15H26Si2/c1-13-8-9-14-15(12-13)17(4,5)11-7-6-10-16(14,2)3/h8-9,12H,6-7,10-11H2,1-5H3. The first-order chi connectivity index (χ1) is 7.83. The first-order valence-corrected chi connectivity index (χ1v) is 13.4. The molecule has 0 unspecified atom stereocenters. The highest BCUT2D eigenvalue weighted by Gasteiger charge is 2.34. The third-order valence-corrected chi connectivity index (χ3v) is 11.7. The molecule has 0 aliphatic carbocycles. The van der Waals surface area contributed by atoms with E-state index >= 15 is 0 Å². The number of rotatable bonds is 0. The van der Waals surface area contributed by atoms with Crippen LogP contribution in [0.25, 0.3) is 0 Å². The Labute approximate surface area is 108 Å². The summed E-state index contributed by atoms with van der Waals surface area (Å²) in [5.74, 6) is 0. The summed E-state index contributed by atoms with van der Waals surface area (Å²) in [7, 11) is -2.35. The molecule has 2 rings (SSSR count). The lowest BCUT2D eigenvalue weighted by atomic mass is 10.2. The number of fused-ring (bicyclic) bond motifs is 1. The van der Waals surface area contributed by atoms with Gasteiger partial charge in [0, 0.05) is 0 Å². The van der Waals surface area contributed by atoms with Crippen LogP contribution in [0, 0.1) is 6.92 Å². The minimum atomic E-state index is -1.18. The first-order valence-electron chi connectivity index (χ1n) is 6.95. The van der Waals surface area contributed by atoms with Crippen molar-refractivity contribution in [2.75, 3.05) is 0 Å². The molecule has 1 heterocycles. The van der Waals surface area contributed by atoms with Gasteiger partial charge in [0.15, 0.2) is 0 Å². The van der Waals surface area contributed by atoms with E-state index < -0.39 is 16.1 Å². The van der Waals surface area contributed by atoms with E-state index in [2.05, 4.69) is 51.3 Å². The quantitative estimate of drug-likeness (QED) is 0.627. The molecule has 0 saturated heterocycles. The van der Waals surface area contributed by atoms with Gasteiger partial charge in [0.25, 0.3) is 0 Å². The molecule has 0 amide bonds. The van der Waals surface area contributed by atoms with Crippen LogP contribution in [-0.4, -0.2) is 16.1 Å². The Morgan fingerprint density at radius 2 is 1.35 bits per heavy atom. The zero-order valence-electron chi connectivity index (χ0n) is 12.1. The second kappa shape index (κ2) is 4.40.